The predicted octanol–water partition coefficient (Wildman–Crippen LogP) is 5.31. The van der Waals surface area contributed by atoms with E-state index in [2.05, 4.69) is 4.74 Å². The van der Waals surface area contributed by atoms with E-state index in [1.54, 1.807) is 31.2 Å². The molecule has 0 aliphatic heterocycles. The van der Waals surface area contributed by atoms with E-state index < -0.39 is 62.7 Å². The summed E-state index contributed by atoms with van der Waals surface area (Å²) in [5.41, 5.74) is 0. The summed E-state index contributed by atoms with van der Waals surface area (Å²) in [5, 5.41) is 9.16. The van der Waals surface area contributed by atoms with Crippen LogP contribution in [0.4, 0.5) is 26.3 Å². The molecule has 0 amide bonds. The van der Waals surface area contributed by atoms with Gasteiger partial charge in [0, 0.05) is 0 Å². The largest absolute Gasteiger partial charge is 0.466 e. The first kappa shape index (κ1) is 36.1. The van der Waals surface area contributed by atoms with Gasteiger partial charge in [-0.25, -0.2) is 0 Å². The lowest BCUT2D eigenvalue weighted by Gasteiger charge is -2.45. The van der Waals surface area contributed by atoms with Gasteiger partial charge < -0.3 is 19.0 Å². The van der Waals surface area contributed by atoms with Crippen LogP contribution in [0, 0.1) is 0 Å². The van der Waals surface area contributed by atoms with Gasteiger partial charge in [-0.3, -0.25) is 9.59 Å². The molecular formula is C28H36F6O6Si. The van der Waals surface area contributed by atoms with E-state index in [0.717, 1.165) is 10.4 Å². The van der Waals surface area contributed by atoms with Crippen LogP contribution in [-0.4, -0.2) is 63.1 Å². The van der Waals surface area contributed by atoms with Crippen molar-refractivity contribution in [3.63, 3.8) is 0 Å². The lowest BCUT2D eigenvalue weighted by atomic mass is 10.2. The predicted molar refractivity (Wildman–Crippen MR) is 143 cm³/mol. The number of carbonyl (C=O) groups is 2. The zero-order chi connectivity index (χ0) is 31.5. The number of rotatable bonds is 10. The molecule has 0 radical (unpaired) electrons. The highest BCUT2D eigenvalue weighted by Crippen LogP contribution is 2.40. The molecule has 0 aromatic heterocycles. The first-order valence-corrected chi connectivity index (χ1v) is 14.7. The van der Waals surface area contributed by atoms with Crippen molar-refractivity contribution < 1.29 is 54.9 Å². The average molecular weight is 611 g/mol. The van der Waals surface area contributed by atoms with Gasteiger partial charge in [-0.15, -0.1) is 0 Å². The molecule has 0 fully saturated rings. The van der Waals surface area contributed by atoms with Gasteiger partial charge in [0.25, 0.3) is 8.32 Å². The van der Waals surface area contributed by atoms with E-state index in [-0.39, 0.29) is 13.2 Å². The minimum Gasteiger partial charge on any atom is -0.466 e. The van der Waals surface area contributed by atoms with E-state index in [9.17, 15) is 35.9 Å². The minimum absolute atomic E-state index is 0.00338. The summed E-state index contributed by atoms with van der Waals surface area (Å²) >= 11 is 0. The van der Waals surface area contributed by atoms with E-state index in [1.807, 2.05) is 57.2 Å². The van der Waals surface area contributed by atoms with Gasteiger partial charge in [0.2, 0.25) is 0 Å². The average Bonchev–Trinajstić information content (AvgIpc) is 2.86. The summed E-state index contributed by atoms with van der Waals surface area (Å²) in [4.78, 5) is 22.3. The van der Waals surface area contributed by atoms with Crippen molar-refractivity contribution in [3.05, 3.63) is 60.7 Å². The number of benzene rings is 2. The monoisotopic (exact) mass is 610 g/mol. The molecule has 2 aromatic carbocycles. The van der Waals surface area contributed by atoms with Gasteiger partial charge >= 0.3 is 24.3 Å². The van der Waals surface area contributed by atoms with Gasteiger partial charge in [0.05, 0.1) is 26.1 Å². The van der Waals surface area contributed by atoms with Crippen LogP contribution < -0.4 is 10.4 Å². The summed E-state index contributed by atoms with van der Waals surface area (Å²) in [6.07, 6.45) is -16.3. The molecule has 41 heavy (non-hydrogen) atoms. The zero-order valence-electron chi connectivity index (χ0n) is 23.5. The van der Waals surface area contributed by atoms with Crippen molar-refractivity contribution in [1.29, 1.82) is 0 Å². The first-order chi connectivity index (χ1) is 18.9. The molecule has 230 valence electrons. The highest BCUT2D eigenvalue weighted by molar-refractivity contribution is 6.99. The SMILES string of the molecule is CCOC(=O)C[C@@H](O)C(F)(F)F.CCOC(=O)C[C@H](O[Si](c1ccccc1)(c1ccccc1)C(C)(C)C)C(F)(F)F. The molecule has 0 heterocycles. The molecule has 0 saturated heterocycles. The molecule has 1 N–H and O–H groups in total. The molecule has 2 aromatic rings. The topological polar surface area (TPSA) is 82.1 Å². The number of alkyl halides is 6. The summed E-state index contributed by atoms with van der Waals surface area (Å²) in [7, 11) is -3.44. The Morgan fingerprint density at radius 2 is 1.12 bits per heavy atom. The van der Waals surface area contributed by atoms with Crippen LogP contribution in [0.5, 0.6) is 0 Å². The van der Waals surface area contributed by atoms with Crippen LogP contribution in [0.25, 0.3) is 0 Å². The zero-order valence-corrected chi connectivity index (χ0v) is 24.5. The summed E-state index contributed by atoms with van der Waals surface area (Å²) < 4.78 is 91.7. The fraction of sp³-hybridized carbons (Fsp3) is 0.500. The van der Waals surface area contributed by atoms with Crippen molar-refractivity contribution in [2.24, 2.45) is 0 Å². The molecule has 6 nitrogen and oxygen atoms in total. The molecule has 0 aliphatic carbocycles. The third-order valence-electron chi connectivity index (χ3n) is 5.80. The molecule has 13 heteroatoms. The Morgan fingerprint density at radius 3 is 1.44 bits per heavy atom. The maximum atomic E-state index is 14.0. The Bertz CT molecular complexity index is 1030. The number of hydrogen-bond donors (Lipinski definition) is 1. The number of carbonyl (C=O) groups excluding carboxylic acids is 2. The van der Waals surface area contributed by atoms with Crippen molar-refractivity contribution in [1.82, 2.24) is 0 Å². The maximum absolute atomic E-state index is 14.0. The first-order valence-electron chi connectivity index (χ1n) is 12.8. The fourth-order valence-electron chi connectivity index (χ4n) is 3.99. The Kier molecular flexibility index (Phi) is 13.5. The maximum Gasteiger partial charge on any atom is 0.414 e. The molecule has 0 aliphatic rings. The van der Waals surface area contributed by atoms with Crippen LogP contribution in [0.1, 0.15) is 47.5 Å². The second kappa shape index (κ2) is 15.4. The summed E-state index contributed by atoms with van der Waals surface area (Å²) in [6, 6.07) is 18.0. The van der Waals surface area contributed by atoms with Crippen molar-refractivity contribution in [3.8, 4) is 0 Å². The third-order valence-corrected chi connectivity index (χ3v) is 10.8. The van der Waals surface area contributed by atoms with Crippen LogP contribution in [-0.2, 0) is 23.5 Å². The highest BCUT2D eigenvalue weighted by atomic mass is 28.4. The van der Waals surface area contributed by atoms with Crippen LogP contribution in [0.2, 0.25) is 5.04 Å². The lowest BCUT2D eigenvalue weighted by molar-refractivity contribution is -0.209. The standard InChI is InChI=1S/C22H27F3O3Si.C6H9F3O3/c1-5-27-20(26)16-19(22(23,24)25)28-29(21(2,3)4,17-12-8-6-9-13-17)18-14-10-7-11-15-18;1-2-12-5(11)3-4(10)6(7,8)9/h6-15,19H,5,16H2,1-4H3;4,10H,2-3H2,1H3/t19-;4-/m01/s1. The lowest BCUT2D eigenvalue weighted by Crippen LogP contribution is -2.68. The van der Waals surface area contributed by atoms with Gasteiger partial charge in [-0.2, -0.15) is 26.3 Å². The second-order valence-corrected chi connectivity index (χ2v) is 14.1. The van der Waals surface area contributed by atoms with Gasteiger partial charge in [-0.1, -0.05) is 81.4 Å². The second-order valence-electron chi connectivity index (χ2n) is 9.89. The van der Waals surface area contributed by atoms with Crippen molar-refractivity contribution in [2.45, 2.75) is 77.1 Å². The number of hydrogen-bond acceptors (Lipinski definition) is 6. The number of esters is 2. The van der Waals surface area contributed by atoms with E-state index >= 15 is 0 Å². The number of ether oxygens (including phenoxy) is 2. The summed E-state index contributed by atoms with van der Waals surface area (Å²) in [5.74, 6) is -1.98. The van der Waals surface area contributed by atoms with Gasteiger partial charge in [0.1, 0.15) is 0 Å². The molecule has 0 spiro atoms. The molecule has 2 rings (SSSR count). The Balaban J connectivity index is 0.000000590. The van der Waals surface area contributed by atoms with Crippen LogP contribution >= 0.6 is 0 Å². The van der Waals surface area contributed by atoms with Crippen LogP contribution in [0.3, 0.4) is 0 Å². The molecule has 0 bridgehead atoms. The van der Waals surface area contributed by atoms with E-state index in [4.69, 9.17) is 14.3 Å². The Morgan fingerprint density at radius 1 is 0.732 bits per heavy atom. The number of aliphatic hydroxyl groups is 1. The quantitative estimate of drug-likeness (QED) is 0.223. The fourth-order valence-corrected chi connectivity index (χ4v) is 8.65. The van der Waals surface area contributed by atoms with Gasteiger partial charge in [0.15, 0.2) is 12.2 Å². The van der Waals surface area contributed by atoms with E-state index in [1.165, 1.54) is 6.92 Å². The third kappa shape index (κ3) is 10.8. The minimum atomic E-state index is -4.76. The highest BCUT2D eigenvalue weighted by Gasteiger charge is 2.56. The number of halogens is 6. The van der Waals surface area contributed by atoms with Crippen LogP contribution in [0.15, 0.2) is 60.7 Å². The van der Waals surface area contributed by atoms with Crippen molar-refractivity contribution >= 4 is 30.6 Å². The molecule has 0 saturated carbocycles. The smallest absolute Gasteiger partial charge is 0.414 e. The van der Waals surface area contributed by atoms with E-state index in [0.29, 0.717) is 0 Å². The normalized spacial score (nSPS) is 13.9. The number of aliphatic hydroxyl groups excluding tert-OH is 1. The molecular weight excluding hydrogens is 574 g/mol. The Hall–Kier alpha value is -2.90. The summed E-state index contributed by atoms with van der Waals surface area (Å²) in [6.45, 7) is 8.71. The Labute approximate surface area is 236 Å². The van der Waals surface area contributed by atoms with Crippen molar-refractivity contribution in [2.75, 3.05) is 13.2 Å². The van der Waals surface area contributed by atoms with Gasteiger partial charge in [-0.05, 0) is 29.3 Å². The molecule has 0 unspecified atom stereocenters. The molecule has 2 atom stereocenters.